The summed E-state index contributed by atoms with van der Waals surface area (Å²) in [6, 6.07) is 3.43. The molecule has 0 aliphatic carbocycles. The molecule has 1 aromatic rings. The number of carbonyl (C=O) groups excluding carboxylic acids is 1. The second kappa shape index (κ2) is 7.57. The van der Waals surface area contributed by atoms with Gasteiger partial charge in [0.15, 0.2) is 0 Å². The minimum Gasteiger partial charge on any atom is -0.473 e. The fourth-order valence-corrected chi connectivity index (χ4v) is 1.42. The van der Waals surface area contributed by atoms with Crippen molar-refractivity contribution < 1.29 is 9.53 Å². The lowest BCUT2D eigenvalue weighted by Gasteiger charge is -2.13. The zero-order valence-corrected chi connectivity index (χ0v) is 12.6. The summed E-state index contributed by atoms with van der Waals surface area (Å²) in [5.74, 6) is 1.31. The molecule has 6 heteroatoms. The zero-order valence-electron chi connectivity index (χ0n) is 12.6. The predicted molar refractivity (Wildman–Crippen MR) is 80.8 cm³/mol. The van der Waals surface area contributed by atoms with Crippen LogP contribution in [0, 0.1) is 5.92 Å². The van der Waals surface area contributed by atoms with E-state index in [9.17, 15) is 4.79 Å². The average molecular weight is 280 g/mol. The number of amides is 1. The van der Waals surface area contributed by atoms with Crippen LogP contribution in [0.4, 0.5) is 11.5 Å². The molecule has 0 saturated heterocycles. The molecule has 20 heavy (non-hydrogen) atoms. The van der Waals surface area contributed by atoms with Gasteiger partial charge in [0, 0.05) is 6.54 Å². The van der Waals surface area contributed by atoms with E-state index in [1.54, 1.807) is 12.1 Å². The van der Waals surface area contributed by atoms with E-state index in [0.29, 0.717) is 29.8 Å². The molecule has 0 fully saturated rings. The van der Waals surface area contributed by atoms with Crippen LogP contribution in [-0.2, 0) is 4.79 Å². The van der Waals surface area contributed by atoms with Crippen molar-refractivity contribution in [1.29, 1.82) is 0 Å². The first-order valence-corrected chi connectivity index (χ1v) is 6.82. The van der Waals surface area contributed by atoms with Crippen molar-refractivity contribution in [3.63, 3.8) is 0 Å². The lowest BCUT2D eigenvalue weighted by molar-refractivity contribution is -0.119. The number of pyridine rings is 1. The van der Waals surface area contributed by atoms with Crippen LogP contribution >= 0.6 is 0 Å². The minimum atomic E-state index is -0.0661. The van der Waals surface area contributed by atoms with Gasteiger partial charge in [-0.2, -0.15) is 4.98 Å². The van der Waals surface area contributed by atoms with Gasteiger partial charge >= 0.3 is 0 Å². The topological polar surface area (TPSA) is 89.3 Å². The Morgan fingerprint density at radius 3 is 2.65 bits per heavy atom. The van der Waals surface area contributed by atoms with Gasteiger partial charge < -0.3 is 21.1 Å². The van der Waals surface area contributed by atoms with Gasteiger partial charge in [0.1, 0.15) is 5.82 Å². The second-order valence-corrected chi connectivity index (χ2v) is 5.31. The highest BCUT2D eigenvalue weighted by Crippen LogP contribution is 2.21. The van der Waals surface area contributed by atoms with Crippen molar-refractivity contribution in [3.8, 4) is 5.88 Å². The molecule has 1 rings (SSSR count). The number of carbonyl (C=O) groups is 1. The summed E-state index contributed by atoms with van der Waals surface area (Å²) in [7, 11) is 0. The number of nitrogens with two attached hydrogens (primary N) is 1. The van der Waals surface area contributed by atoms with Crippen molar-refractivity contribution >= 4 is 17.4 Å². The Kier molecular flexibility index (Phi) is 6.09. The summed E-state index contributed by atoms with van der Waals surface area (Å²) < 4.78 is 5.49. The van der Waals surface area contributed by atoms with Gasteiger partial charge in [-0.15, -0.1) is 0 Å². The van der Waals surface area contributed by atoms with E-state index < -0.39 is 0 Å². The van der Waals surface area contributed by atoms with E-state index in [4.69, 9.17) is 10.5 Å². The van der Waals surface area contributed by atoms with Crippen LogP contribution < -0.4 is 21.1 Å². The molecule has 4 N–H and O–H groups in total. The summed E-state index contributed by atoms with van der Waals surface area (Å²) in [4.78, 5) is 15.8. The maximum absolute atomic E-state index is 11.6. The Morgan fingerprint density at radius 1 is 1.35 bits per heavy atom. The number of aromatic nitrogens is 1. The largest absolute Gasteiger partial charge is 0.473 e. The lowest BCUT2D eigenvalue weighted by Crippen LogP contribution is -2.32. The average Bonchev–Trinajstić information content (AvgIpc) is 2.36. The first-order chi connectivity index (χ1) is 9.38. The Hall–Kier alpha value is -1.98. The summed E-state index contributed by atoms with van der Waals surface area (Å²) in [5, 5.41) is 5.78. The molecule has 0 aliphatic rings. The molecular weight excluding hydrogens is 256 g/mol. The highest BCUT2D eigenvalue weighted by Gasteiger charge is 2.08. The van der Waals surface area contributed by atoms with E-state index in [0.717, 1.165) is 0 Å². The molecule has 0 atom stereocenters. The normalized spacial score (nSPS) is 10.7. The Labute approximate surface area is 120 Å². The van der Waals surface area contributed by atoms with E-state index in [1.165, 1.54) is 0 Å². The van der Waals surface area contributed by atoms with Gasteiger partial charge in [-0.05, 0) is 31.9 Å². The molecule has 0 saturated carbocycles. The first-order valence-electron chi connectivity index (χ1n) is 6.82. The van der Waals surface area contributed by atoms with Crippen molar-refractivity contribution in [3.05, 3.63) is 12.1 Å². The van der Waals surface area contributed by atoms with Crippen LogP contribution in [0.2, 0.25) is 0 Å². The van der Waals surface area contributed by atoms with Crippen molar-refractivity contribution in [2.24, 2.45) is 5.92 Å². The van der Waals surface area contributed by atoms with Crippen molar-refractivity contribution in [1.82, 2.24) is 10.3 Å². The zero-order chi connectivity index (χ0) is 15.1. The third kappa shape index (κ3) is 5.77. The van der Waals surface area contributed by atoms with Crippen molar-refractivity contribution in [2.45, 2.75) is 33.8 Å². The number of nitrogens with one attached hydrogen (secondary N) is 2. The van der Waals surface area contributed by atoms with Gasteiger partial charge in [-0.1, -0.05) is 13.8 Å². The molecule has 0 unspecified atom stereocenters. The standard InChI is InChI=1S/C14H24N4O2/c1-9(2)7-17-13(19)8-16-12-6-5-11(15)14(18-12)20-10(3)4/h5-6,9-10H,7-8,15H2,1-4H3,(H,16,18)(H,17,19). The molecule has 1 amide bonds. The summed E-state index contributed by atoms with van der Waals surface area (Å²) in [5.41, 5.74) is 6.26. The van der Waals surface area contributed by atoms with Gasteiger partial charge in [0.05, 0.1) is 18.3 Å². The maximum Gasteiger partial charge on any atom is 0.239 e. The summed E-state index contributed by atoms with van der Waals surface area (Å²) in [6.07, 6.45) is -0.00519. The van der Waals surface area contributed by atoms with Gasteiger partial charge in [-0.25, -0.2) is 0 Å². The smallest absolute Gasteiger partial charge is 0.239 e. The van der Waals surface area contributed by atoms with Gasteiger partial charge in [-0.3, -0.25) is 4.79 Å². The van der Waals surface area contributed by atoms with E-state index in [-0.39, 0.29) is 18.6 Å². The molecule has 0 spiro atoms. The summed E-state index contributed by atoms with van der Waals surface area (Å²) >= 11 is 0. The third-order valence-electron chi connectivity index (χ3n) is 2.37. The lowest BCUT2D eigenvalue weighted by atomic mass is 10.2. The highest BCUT2D eigenvalue weighted by atomic mass is 16.5. The van der Waals surface area contributed by atoms with Gasteiger partial charge in [0.25, 0.3) is 0 Å². The molecule has 0 radical (unpaired) electrons. The number of nitrogen functional groups attached to an aromatic ring is 1. The predicted octanol–water partition coefficient (Wildman–Crippen LogP) is 1.64. The second-order valence-electron chi connectivity index (χ2n) is 5.31. The SMILES string of the molecule is CC(C)CNC(=O)CNc1ccc(N)c(OC(C)C)n1. The van der Waals surface area contributed by atoms with Crippen LogP contribution in [0.25, 0.3) is 0 Å². The van der Waals surface area contributed by atoms with E-state index >= 15 is 0 Å². The van der Waals surface area contributed by atoms with Gasteiger partial charge in [0.2, 0.25) is 11.8 Å². The third-order valence-corrected chi connectivity index (χ3v) is 2.37. The molecule has 1 heterocycles. The summed E-state index contributed by atoms with van der Waals surface area (Å²) in [6.45, 7) is 8.73. The first kappa shape index (κ1) is 16.1. The van der Waals surface area contributed by atoms with Crippen LogP contribution in [0.15, 0.2) is 12.1 Å². The number of nitrogens with zero attached hydrogens (tertiary/aromatic N) is 1. The molecule has 6 nitrogen and oxygen atoms in total. The fourth-order valence-electron chi connectivity index (χ4n) is 1.42. The van der Waals surface area contributed by atoms with Crippen LogP contribution in [-0.4, -0.2) is 30.1 Å². The minimum absolute atomic E-state index is 0.00519. The number of hydrogen-bond donors (Lipinski definition) is 3. The maximum atomic E-state index is 11.6. The van der Waals surface area contributed by atoms with Crippen LogP contribution in [0.3, 0.4) is 0 Å². The molecular formula is C14H24N4O2. The van der Waals surface area contributed by atoms with Crippen LogP contribution in [0.5, 0.6) is 5.88 Å². The number of hydrogen-bond acceptors (Lipinski definition) is 5. The number of ether oxygens (including phenoxy) is 1. The number of anilines is 2. The van der Waals surface area contributed by atoms with Crippen molar-refractivity contribution in [2.75, 3.05) is 24.1 Å². The fraction of sp³-hybridized carbons (Fsp3) is 0.571. The number of rotatable bonds is 7. The quantitative estimate of drug-likeness (QED) is 0.706. The molecule has 0 aromatic carbocycles. The molecule has 0 bridgehead atoms. The monoisotopic (exact) mass is 280 g/mol. The van der Waals surface area contributed by atoms with E-state index in [1.807, 2.05) is 27.7 Å². The highest BCUT2D eigenvalue weighted by molar-refractivity contribution is 5.80. The Balaban J connectivity index is 2.53. The molecule has 112 valence electrons. The Bertz CT molecular complexity index is 447. The van der Waals surface area contributed by atoms with E-state index in [2.05, 4.69) is 15.6 Å². The Morgan fingerprint density at radius 2 is 2.05 bits per heavy atom. The molecule has 1 aromatic heterocycles. The molecule has 0 aliphatic heterocycles. The van der Waals surface area contributed by atoms with Crippen LogP contribution in [0.1, 0.15) is 27.7 Å².